The Kier molecular flexibility index (Phi) is 2.60. The molecule has 0 amide bonds. The molecule has 5 nitrogen and oxygen atoms in total. The van der Waals surface area contributed by atoms with Crippen molar-refractivity contribution in [2.45, 2.75) is 6.92 Å². The summed E-state index contributed by atoms with van der Waals surface area (Å²) in [6.45, 7) is 1.47. The summed E-state index contributed by atoms with van der Waals surface area (Å²) in [5.41, 5.74) is 0.348. The maximum atomic E-state index is 11.5. The van der Waals surface area contributed by atoms with Gasteiger partial charge in [-0.3, -0.25) is 9.59 Å². The number of likely N-dealkylation sites (N-methyl/N-ethyl adjacent to an activating group) is 1. The van der Waals surface area contributed by atoms with Crippen LogP contribution in [0.25, 0.3) is 0 Å². The number of hydrogen-bond acceptors (Lipinski definition) is 5. The minimum Gasteiger partial charge on any atom is -0.501 e. The minimum absolute atomic E-state index is 0.157. The molecular weight excluding hydrogens is 186 g/mol. The molecule has 5 heteroatoms. The SMILES string of the molecule is CNC1=C(C)C(=O)C(O)=C(OC)C1=O. The van der Waals surface area contributed by atoms with Gasteiger partial charge >= 0.3 is 0 Å². The first-order valence-corrected chi connectivity index (χ1v) is 3.99. The third-order valence-electron chi connectivity index (χ3n) is 2.03. The van der Waals surface area contributed by atoms with Crippen LogP contribution < -0.4 is 5.32 Å². The van der Waals surface area contributed by atoms with E-state index in [0.29, 0.717) is 0 Å². The molecule has 0 aromatic heterocycles. The van der Waals surface area contributed by atoms with Gasteiger partial charge in [0.05, 0.1) is 12.8 Å². The van der Waals surface area contributed by atoms with Crippen LogP contribution in [0.5, 0.6) is 0 Å². The molecule has 0 atom stereocenters. The molecule has 0 saturated heterocycles. The number of nitrogens with one attached hydrogen (secondary N) is 1. The number of Topliss-reactive ketones (excluding diaryl/α,β-unsaturated/α-hetero) is 2. The molecule has 1 rings (SSSR count). The Morgan fingerprint density at radius 3 is 2.29 bits per heavy atom. The van der Waals surface area contributed by atoms with Crippen LogP contribution in [0.15, 0.2) is 22.8 Å². The van der Waals surface area contributed by atoms with Gasteiger partial charge in [0.1, 0.15) is 0 Å². The van der Waals surface area contributed by atoms with Gasteiger partial charge in [-0.15, -0.1) is 0 Å². The third-order valence-corrected chi connectivity index (χ3v) is 2.03. The van der Waals surface area contributed by atoms with Crippen molar-refractivity contribution in [2.75, 3.05) is 14.2 Å². The van der Waals surface area contributed by atoms with Crippen LogP contribution in [0.2, 0.25) is 0 Å². The number of carbonyl (C=O) groups excluding carboxylic acids is 2. The highest BCUT2D eigenvalue weighted by Gasteiger charge is 2.33. The maximum Gasteiger partial charge on any atom is 0.247 e. The second-order valence-electron chi connectivity index (χ2n) is 2.79. The highest BCUT2D eigenvalue weighted by molar-refractivity contribution is 6.22. The standard InChI is InChI=1S/C9H11NO4/c1-4-5(10-2)7(12)9(14-3)8(13)6(4)11/h10,13H,1-3H3. The number of aliphatic hydroxyl groups excluding tert-OH is 1. The highest BCUT2D eigenvalue weighted by atomic mass is 16.5. The number of methoxy groups -OCH3 is 1. The summed E-state index contributed by atoms with van der Waals surface area (Å²) in [4.78, 5) is 22.9. The van der Waals surface area contributed by atoms with Gasteiger partial charge in [0.15, 0.2) is 0 Å². The number of hydrogen-bond donors (Lipinski definition) is 2. The van der Waals surface area contributed by atoms with Gasteiger partial charge in [-0.1, -0.05) is 0 Å². The first-order valence-electron chi connectivity index (χ1n) is 3.99. The Morgan fingerprint density at radius 2 is 1.86 bits per heavy atom. The molecule has 0 saturated carbocycles. The molecule has 0 bridgehead atoms. The van der Waals surface area contributed by atoms with Crippen LogP contribution >= 0.6 is 0 Å². The van der Waals surface area contributed by atoms with E-state index in [0.717, 1.165) is 0 Å². The van der Waals surface area contributed by atoms with Gasteiger partial charge in [-0.05, 0) is 6.92 Å². The van der Waals surface area contributed by atoms with E-state index in [9.17, 15) is 14.7 Å². The summed E-state index contributed by atoms with van der Waals surface area (Å²) in [6.07, 6.45) is 0. The fourth-order valence-electron chi connectivity index (χ4n) is 1.28. The molecule has 0 heterocycles. The molecular formula is C9H11NO4. The van der Waals surface area contributed by atoms with Gasteiger partial charge in [0.25, 0.3) is 0 Å². The topological polar surface area (TPSA) is 75.6 Å². The van der Waals surface area contributed by atoms with Crippen molar-refractivity contribution < 1.29 is 19.4 Å². The molecule has 76 valence electrons. The number of ether oxygens (including phenoxy) is 1. The lowest BCUT2D eigenvalue weighted by Gasteiger charge is -2.17. The summed E-state index contributed by atoms with van der Waals surface area (Å²) in [6, 6.07) is 0. The molecule has 0 fully saturated rings. The molecule has 2 N–H and O–H groups in total. The fourth-order valence-corrected chi connectivity index (χ4v) is 1.28. The quantitative estimate of drug-likeness (QED) is 0.611. The van der Waals surface area contributed by atoms with Crippen molar-refractivity contribution in [1.82, 2.24) is 5.32 Å². The molecule has 0 unspecified atom stereocenters. The highest BCUT2D eigenvalue weighted by Crippen LogP contribution is 2.21. The average Bonchev–Trinajstić information content (AvgIpc) is 2.16. The van der Waals surface area contributed by atoms with E-state index in [1.54, 1.807) is 0 Å². The van der Waals surface area contributed by atoms with E-state index in [4.69, 9.17) is 0 Å². The van der Waals surface area contributed by atoms with Crippen LogP contribution in [0.1, 0.15) is 6.92 Å². The van der Waals surface area contributed by atoms with Crippen molar-refractivity contribution in [3.8, 4) is 0 Å². The van der Waals surface area contributed by atoms with Crippen molar-refractivity contribution in [2.24, 2.45) is 0 Å². The van der Waals surface area contributed by atoms with Gasteiger partial charge in [-0.25, -0.2) is 0 Å². The van der Waals surface area contributed by atoms with E-state index in [1.165, 1.54) is 21.1 Å². The minimum atomic E-state index is -0.631. The Morgan fingerprint density at radius 1 is 1.29 bits per heavy atom. The predicted octanol–water partition coefficient (Wildman–Crippen LogP) is 0.0476. The van der Waals surface area contributed by atoms with E-state index >= 15 is 0 Å². The number of ketones is 2. The Balaban J connectivity index is 3.29. The smallest absolute Gasteiger partial charge is 0.247 e. The van der Waals surface area contributed by atoms with Crippen LogP contribution in [-0.4, -0.2) is 30.8 Å². The number of aliphatic hydroxyl groups is 1. The zero-order valence-corrected chi connectivity index (χ0v) is 8.17. The monoisotopic (exact) mass is 197 g/mol. The van der Waals surface area contributed by atoms with Crippen molar-refractivity contribution in [1.29, 1.82) is 0 Å². The Bertz CT molecular complexity index is 333. The molecule has 1 aliphatic rings. The molecule has 0 aromatic carbocycles. The van der Waals surface area contributed by atoms with Gasteiger partial charge in [-0.2, -0.15) is 0 Å². The van der Waals surface area contributed by atoms with E-state index in [-0.39, 0.29) is 17.0 Å². The molecule has 0 aliphatic heterocycles. The second kappa shape index (κ2) is 3.53. The Labute approximate surface area is 81.1 Å². The third kappa shape index (κ3) is 1.26. The van der Waals surface area contributed by atoms with Crippen LogP contribution in [-0.2, 0) is 14.3 Å². The first kappa shape index (κ1) is 10.3. The summed E-state index contributed by atoms with van der Waals surface area (Å²) in [7, 11) is 2.75. The largest absolute Gasteiger partial charge is 0.501 e. The van der Waals surface area contributed by atoms with Crippen LogP contribution in [0.3, 0.4) is 0 Å². The lowest BCUT2D eigenvalue weighted by Crippen LogP contribution is -2.29. The fraction of sp³-hybridized carbons (Fsp3) is 0.333. The maximum absolute atomic E-state index is 11.5. The zero-order chi connectivity index (χ0) is 10.9. The molecule has 0 spiro atoms. The first-order chi connectivity index (χ1) is 6.54. The van der Waals surface area contributed by atoms with Crippen molar-refractivity contribution in [3.05, 3.63) is 22.8 Å². The molecule has 0 aromatic rings. The average molecular weight is 197 g/mol. The molecule has 14 heavy (non-hydrogen) atoms. The van der Waals surface area contributed by atoms with E-state index < -0.39 is 17.3 Å². The Hall–Kier alpha value is -1.78. The summed E-state index contributed by atoms with van der Waals surface area (Å²) in [5.74, 6) is -2.05. The number of rotatable bonds is 2. The van der Waals surface area contributed by atoms with E-state index in [2.05, 4.69) is 10.1 Å². The predicted molar refractivity (Wildman–Crippen MR) is 48.4 cm³/mol. The van der Waals surface area contributed by atoms with Gasteiger partial charge in [0, 0.05) is 12.6 Å². The van der Waals surface area contributed by atoms with Crippen LogP contribution in [0.4, 0.5) is 0 Å². The van der Waals surface area contributed by atoms with Crippen molar-refractivity contribution in [3.63, 3.8) is 0 Å². The zero-order valence-electron chi connectivity index (χ0n) is 8.17. The van der Waals surface area contributed by atoms with Crippen LogP contribution in [0, 0.1) is 0 Å². The normalized spacial score (nSPS) is 17.6. The van der Waals surface area contributed by atoms with Gasteiger partial charge < -0.3 is 15.2 Å². The number of carbonyl (C=O) groups is 2. The van der Waals surface area contributed by atoms with E-state index in [1.807, 2.05) is 0 Å². The summed E-state index contributed by atoms with van der Waals surface area (Å²) < 4.78 is 4.65. The second-order valence-corrected chi connectivity index (χ2v) is 2.79. The lowest BCUT2D eigenvalue weighted by molar-refractivity contribution is -0.120. The molecule has 0 radical (unpaired) electrons. The molecule has 1 aliphatic carbocycles. The number of allylic oxidation sites excluding steroid dienone is 1. The summed E-state index contributed by atoms with van der Waals surface area (Å²) >= 11 is 0. The summed E-state index contributed by atoms with van der Waals surface area (Å²) in [5, 5.41) is 11.9. The van der Waals surface area contributed by atoms with Gasteiger partial charge in [0.2, 0.25) is 23.1 Å². The lowest BCUT2D eigenvalue weighted by atomic mass is 9.98. The van der Waals surface area contributed by atoms with Crippen molar-refractivity contribution >= 4 is 11.6 Å².